The van der Waals surface area contributed by atoms with Crippen LogP contribution in [-0.4, -0.2) is 27.0 Å². The number of nitro groups is 1. The summed E-state index contributed by atoms with van der Waals surface area (Å²) in [4.78, 5) is 34.9. The fraction of sp³-hybridized carbons (Fsp3) is 0. The van der Waals surface area contributed by atoms with Gasteiger partial charge in [0.05, 0.1) is 10.9 Å². The Morgan fingerprint density at radius 1 is 0.875 bits per heavy atom. The minimum absolute atomic E-state index is 0.0309. The lowest BCUT2D eigenvalue weighted by molar-refractivity contribution is -0.384. The zero-order chi connectivity index (χ0) is 22.7. The number of carboxylic acids is 1. The van der Waals surface area contributed by atoms with E-state index in [0.29, 0.717) is 21.7 Å². The number of hydrogen-bond acceptors (Lipinski definition) is 8. The van der Waals surface area contributed by atoms with Crippen LogP contribution in [0.25, 0.3) is 21.7 Å². The molecule has 1 heterocycles. The van der Waals surface area contributed by atoms with Crippen LogP contribution >= 0.6 is 11.3 Å². The molecule has 0 bridgehead atoms. The van der Waals surface area contributed by atoms with Crippen LogP contribution in [0.1, 0.15) is 20.7 Å². The monoisotopic (exact) mass is 445 g/mol. The maximum absolute atomic E-state index is 13.0. The largest absolute Gasteiger partial charge is 0.545 e. The number of nitrogens with zero attached hydrogens (tertiary/aromatic N) is 3. The molecule has 0 aliphatic rings. The highest BCUT2D eigenvalue weighted by Gasteiger charge is 2.18. The van der Waals surface area contributed by atoms with Crippen molar-refractivity contribution >= 4 is 34.0 Å². The molecule has 4 aromatic rings. The molecule has 0 radical (unpaired) electrons. The molecule has 0 atom stereocenters. The van der Waals surface area contributed by atoms with Crippen molar-refractivity contribution in [1.82, 2.24) is 10.2 Å². The van der Waals surface area contributed by atoms with Gasteiger partial charge in [-0.25, -0.2) is 0 Å². The molecule has 1 aromatic heterocycles. The van der Waals surface area contributed by atoms with Crippen LogP contribution in [0.3, 0.4) is 0 Å². The lowest BCUT2D eigenvalue weighted by Gasteiger charge is -2.13. The van der Waals surface area contributed by atoms with Gasteiger partial charge in [0, 0.05) is 28.8 Å². The molecule has 1 amide bonds. The number of non-ortho nitro benzene ring substituents is 1. The predicted octanol–water partition coefficient (Wildman–Crippen LogP) is 3.40. The van der Waals surface area contributed by atoms with Crippen LogP contribution in [-0.2, 0) is 0 Å². The molecule has 0 saturated carbocycles. The number of carbonyl (C=O) groups excluding carboxylic acids is 2. The highest BCUT2D eigenvalue weighted by atomic mass is 32.1. The van der Waals surface area contributed by atoms with Crippen molar-refractivity contribution in [3.8, 4) is 21.7 Å². The summed E-state index contributed by atoms with van der Waals surface area (Å²) in [5.74, 6) is -1.85. The summed E-state index contributed by atoms with van der Waals surface area (Å²) >= 11 is 1.06. The summed E-state index contributed by atoms with van der Waals surface area (Å²) in [6, 6.07) is 18.8. The SMILES string of the molecule is O=C([O-])c1ccccc1-c1ccccc1C(=O)Nc1nnc(-c2cccc([N+](=O)[O-])c2)s1. The fourth-order valence-corrected chi connectivity index (χ4v) is 3.85. The van der Waals surface area contributed by atoms with Gasteiger partial charge in [0.2, 0.25) is 5.13 Å². The predicted molar refractivity (Wildman–Crippen MR) is 116 cm³/mol. The highest BCUT2D eigenvalue weighted by molar-refractivity contribution is 7.18. The Bertz CT molecular complexity index is 1350. The third-order valence-corrected chi connectivity index (χ3v) is 5.45. The van der Waals surface area contributed by atoms with Gasteiger partial charge in [-0.1, -0.05) is 65.9 Å². The van der Waals surface area contributed by atoms with Crippen molar-refractivity contribution in [2.45, 2.75) is 0 Å². The molecule has 9 nitrogen and oxygen atoms in total. The van der Waals surface area contributed by atoms with E-state index in [1.807, 2.05) is 0 Å². The van der Waals surface area contributed by atoms with E-state index in [1.54, 1.807) is 48.5 Å². The molecule has 0 aliphatic carbocycles. The lowest BCUT2D eigenvalue weighted by atomic mass is 9.95. The van der Waals surface area contributed by atoms with Crippen molar-refractivity contribution in [3.63, 3.8) is 0 Å². The van der Waals surface area contributed by atoms with Crippen molar-refractivity contribution < 1.29 is 19.6 Å². The summed E-state index contributed by atoms with van der Waals surface area (Å²) in [5, 5.41) is 33.7. The van der Waals surface area contributed by atoms with Gasteiger partial charge in [-0.3, -0.25) is 20.2 Å². The number of carboxylic acid groups (broad SMARTS) is 1. The van der Waals surface area contributed by atoms with E-state index in [-0.39, 0.29) is 21.9 Å². The number of amides is 1. The summed E-state index contributed by atoms with van der Waals surface area (Å²) in [6.45, 7) is 0. The zero-order valence-electron chi connectivity index (χ0n) is 16.2. The van der Waals surface area contributed by atoms with Gasteiger partial charge in [-0.15, -0.1) is 10.2 Å². The van der Waals surface area contributed by atoms with E-state index in [1.165, 1.54) is 24.3 Å². The van der Waals surface area contributed by atoms with Gasteiger partial charge < -0.3 is 9.90 Å². The third-order valence-electron chi connectivity index (χ3n) is 4.56. The van der Waals surface area contributed by atoms with Crippen LogP contribution in [0.2, 0.25) is 0 Å². The molecular formula is C22H13N4O5S-. The number of nitrogens with one attached hydrogen (secondary N) is 1. The smallest absolute Gasteiger partial charge is 0.270 e. The summed E-state index contributed by atoms with van der Waals surface area (Å²) in [6.07, 6.45) is 0. The Morgan fingerprint density at radius 2 is 1.53 bits per heavy atom. The molecule has 0 saturated heterocycles. The Kier molecular flexibility index (Phi) is 5.69. The first-order chi connectivity index (χ1) is 15.4. The van der Waals surface area contributed by atoms with E-state index in [0.717, 1.165) is 11.3 Å². The van der Waals surface area contributed by atoms with E-state index >= 15 is 0 Å². The fourth-order valence-electron chi connectivity index (χ4n) is 3.12. The van der Waals surface area contributed by atoms with Crippen LogP contribution in [0.15, 0.2) is 72.8 Å². The molecular weight excluding hydrogens is 432 g/mol. The van der Waals surface area contributed by atoms with Gasteiger partial charge in [0.15, 0.2) is 0 Å². The number of benzene rings is 3. The molecule has 32 heavy (non-hydrogen) atoms. The Balaban J connectivity index is 1.63. The number of aromatic carboxylic acids is 1. The molecule has 10 heteroatoms. The topological polar surface area (TPSA) is 138 Å². The molecule has 0 spiro atoms. The van der Waals surface area contributed by atoms with Gasteiger partial charge in [0.1, 0.15) is 5.01 Å². The molecule has 158 valence electrons. The second-order valence-corrected chi connectivity index (χ2v) is 7.53. The number of rotatable bonds is 6. The van der Waals surface area contributed by atoms with Crippen molar-refractivity contribution in [1.29, 1.82) is 0 Å². The molecule has 0 unspecified atom stereocenters. The van der Waals surface area contributed by atoms with Gasteiger partial charge >= 0.3 is 0 Å². The molecule has 1 N–H and O–H groups in total. The normalized spacial score (nSPS) is 10.5. The van der Waals surface area contributed by atoms with Gasteiger partial charge in [-0.05, 0) is 17.2 Å². The number of aromatic nitrogens is 2. The minimum atomic E-state index is -1.35. The van der Waals surface area contributed by atoms with E-state index in [2.05, 4.69) is 15.5 Å². The maximum atomic E-state index is 13.0. The van der Waals surface area contributed by atoms with E-state index in [4.69, 9.17) is 0 Å². The Morgan fingerprint density at radius 3 is 2.22 bits per heavy atom. The lowest BCUT2D eigenvalue weighted by Crippen LogP contribution is -2.23. The Hall–Kier alpha value is -4.44. The minimum Gasteiger partial charge on any atom is -0.545 e. The van der Waals surface area contributed by atoms with Crippen molar-refractivity contribution in [2.24, 2.45) is 0 Å². The molecule has 4 rings (SSSR count). The molecule has 3 aromatic carbocycles. The number of nitro benzene ring substituents is 1. The average molecular weight is 445 g/mol. The number of anilines is 1. The number of hydrogen-bond donors (Lipinski definition) is 1. The average Bonchev–Trinajstić information content (AvgIpc) is 3.27. The summed E-state index contributed by atoms with van der Waals surface area (Å²) < 4.78 is 0. The molecule has 0 aliphatic heterocycles. The first-order valence-electron chi connectivity index (χ1n) is 9.23. The van der Waals surface area contributed by atoms with Crippen LogP contribution < -0.4 is 10.4 Å². The Labute approximate surface area is 185 Å². The van der Waals surface area contributed by atoms with Crippen molar-refractivity contribution in [3.05, 3.63) is 94.0 Å². The maximum Gasteiger partial charge on any atom is 0.270 e. The summed E-state index contributed by atoms with van der Waals surface area (Å²) in [5.41, 5.74) is 1.41. The highest BCUT2D eigenvalue weighted by Crippen LogP contribution is 2.31. The van der Waals surface area contributed by atoms with Gasteiger partial charge in [0.25, 0.3) is 11.6 Å². The molecule has 0 fully saturated rings. The van der Waals surface area contributed by atoms with Crippen molar-refractivity contribution in [2.75, 3.05) is 5.32 Å². The van der Waals surface area contributed by atoms with E-state index < -0.39 is 16.8 Å². The third kappa shape index (κ3) is 4.20. The van der Waals surface area contributed by atoms with Crippen LogP contribution in [0.4, 0.5) is 10.8 Å². The summed E-state index contributed by atoms with van der Waals surface area (Å²) in [7, 11) is 0. The van der Waals surface area contributed by atoms with Crippen LogP contribution in [0, 0.1) is 10.1 Å². The quantitative estimate of drug-likeness (QED) is 0.354. The van der Waals surface area contributed by atoms with Crippen LogP contribution in [0.5, 0.6) is 0 Å². The standard InChI is InChI=1S/C22H14N4O5S/c27-19(17-10-3-1-8-15(17)16-9-2-4-11-18(16)21(28)29)23-22-25-24-20(32-22)13-6-5-7-14(12-13)26(30)31/h1-12H,(H,28,29)(H,23,25,27)/p-1. The first-order valence-corrected chi connectivity index (χ1v) is 10.0. The zero-order valence-corrected chi connectivity index (χ0v) is 17.0. The first kappa shape index (κ1) is 20.8. The second-order valence-electron chi connectivity index (χ2n) is 6.55. The number of carbonyl (C=O) groups is 2. The van der Waals surface area contributed by atoms with Gasteiger partial charge in [-0.2, -0.15) is 0 Å². The van der Waals surface area contributed by atoms with E-state index in [9.17, 15) is 24.8 Å². The second kappa shape index (κ2) is 8.74.